The van der Waals surface area contributed by atoms with Gasteiger partial charge in [0.2, 0.25) is 0 Å². The molecule has 2 heterocycles. The number of esters is 1. The molecular weight excluding hydrogens is 569 g/mol. The van der Waals surface area contributed by atoms with E-state index in [0.717, 1.165) is 0 Å². The number of nitrogens with one attached hydrogen (secondary N) is 1. The van der Waals surface area contributed by atoms with Crippen LogP contribution in [0.15, 0.2) is 18.2 Å². The Morgan fingerprint density at radius 3 is 2.50 bits per heavy atom. The number of amidine groups is 1. The van der Waals surface area contributed by atoms with Gasteiger partial charge in [0.05, 0.1) is 44.7 Å². The van der Waals surface area contributed by atoms with E-state index >= 15 is 4.39 Å². The predicted octanol–water partition coefficient (Wildman–Crippen LogP) is 4.45. The fourth-order valence-corrected chi connectivity index (χ4v) is 5.29. The summed E-state index contributed by atoms with van der Waals surface area (Å²) >= 11 is 0. The minimum Gasteiger partial charge on any atom is -0.505 e. The third kappa shape index (κ3) is 6.57. The lowest BCUT2D eigenvalue weighted by Gasteiger charge is -2.27. The van der Waals surface area contributed by atoms with Crippen molar-refractivity contribution < 1.29 is 38.0 Å². The van der Waals surface area contributed by atoms with Crippen LogP contribution in [0, 0.1) is 11.2 Å². The van der Waals surface area contributed by atoms with Gasteiger partial charge in [0, 0.05) is 30.8 Å². The Hall–Kier alpha value is -3.57. The Morgan fingerprint density at radius 1 is 1.17 bits per heavy atom. The van der Waals surface area contributed by atoms with E-state index < -0.39 is 17.2 Å². The molecule has 0 amide bonds. The van der Waals surface area contributed by atoms with Crippen LogP contribution in [-0.2, 0) is 26.2 Å². The summed E-state index contributed by atoms with van der Waals surface area (Å²) < 4.78 is 36.2. The maximum Gasteiger partial charge on any atom is 0.332 e. The average Bonchev–Trinajstić information content (AvgIpc) is 3.51. The van der Waals surface area contributed by atoms with E-state index in [1.54, 1.807) is 25.1 Å². The largest absolute Gasteiger partial charge is 0.505 e. The van der Waals surface area contributed by atoms with E-state index in [0.29, 0.717) is 41.9 Å². The quantitative estimate of drug-likeness (QED) is 0.298. The molecule has 12 heteroatoms. The van der Waals surface area contributed by atoms with Gasteiger partial charge in [0.25, 0.3) is 0 Å². The van der Waals surface area contributed by atoms with Gasteiger partial charge in [-0.15, -0.1) is 12.4 Å². The summed E-state index contributed by atoms with van der Waals surface area (Å²) in [4.78, 5) is 28.8. The Kier molecular flexibility index (Phi) is 10.3. The third-order valence-electron chi connectivity index (χ3n) is 7.39. The number of nitrogens with zero attached hydrogens (tertiary/aromatic N) is 2. The lowest BCUT2D eigenvalue weighted by Crippen LogP contribution is -2.31. The second-order valence-corrected chi connectivity index (χ2v) is 11.2. The highest BCUT2D eigenvalue weighted by Crippen LogP contribution is 2.41. The van der Waals surface area contributed by atoms with Gasteiger partial charge >= 0.3 is 5.97 Å². The number of anilines is 1. The molecule has 0 saturated carbocycles. The first kappa shape index (κ1) is 32.9. The summed E-state index contributed by atoms with van der Waals surface area (Å²) in [5.74, 6) is -1.29. The third-order valence-corrected chi connectivity index (χ3v) is 7.39. The molecule has 2 aliphatic rings. The molecule has 0 spiro atoms. The number of hydrogen-bond donors (Lipinski definition) is 2. The standard InChI is InChI=1S/C30H38FN3O7.ClH/c1-7-40-24(36)16-41-19-8-9-33(14-19)21-11-17(10-20(27(21)37)30(2,3)4)22(35)15-34-13-18-12-23(38-5)28(39-6)26(31)25(18)29(34)32;/h10-12,19,32,37H,7-9,13-16H2,1-6H3;1H. The molecule has 0 aliphatic carbocycles. The summed E-state index contributed by atoms with van der Waals surface area (Å²) in [6, 6.07) is 4.96. The average molecular weight is 608 g/mol. The molecule has 42 heavy (non-hydrogen) atoms. The summed E-state index contributed by atoms with van der Waals surface area (Å²) in [7, 11) is 2.74. The number of carbonyl (C=O) groups is 2. The van der Waals surface area contributed by atoms with Crippen LogP contribution < -0.4 is 14.4 Å². The summed E-state index contributed by atoms with van der Waals surface area (Å²) in [6.07, 6.45) is 0.410. The molecule has 0 bridgehead atoms. The highest BCUT2D eigenvalue weighted by Gasteiger charge is 2.34. The van der Waals surface area contributed by atoms with Gasteiger partial charge < -0.3 is 33.9 Å². The van der Waals surface area contributed by atoms with E-state index in [4.69, 9.17) is 24.4 Å². The maximum absolute atomic E-state index is 15.2. The fraction of sp³-hybridized carbons (Fsp3) is 0.500. The summed E-state index contributed by atoms with van der Waals surface area (Å²) in [5.41, 5.74) is 1.63. The van der Waals surface area contributed by atoms with Crippen molar-refractivity contribution in [3.8, 4) is 17.2 Å². The molecule has 0 aromatic heterocycles. The molecule has 1 saturated heterocycles. The van der Waals surface area contributed by atoms with Gasteiger partial charge in [-0.2, -0.15) is 0 Å². The van der Waals surface area contributed by atoms with Crippen molar-refractivity contribution in [3.05, 3.63) is 46.3 Å². The number of fused-ring (bicyclic) bond motifs is 1. The first-order valence-electron chi connectivity index (χ1n) is 13.6. The number of carbonyl (C=O) groups excluding carboxylic acids is 2. The Balaban J connectivity index is 0.00000484. The van der Waals surface area contributed by atoms with E-state index in [1.807, 2.05) is 25.7 Å². The second kappa shape index (κ2) is 13.2. The zero-order chi connectivity index (χ0) is 30.1. The lowest BCUT2D eigenvalue weighted by molar-refractivity contribution is -0.150. The number of hydrogen-bond acceptors (Lipinski definition) is 9. The first-order chi connectivity index (χ1) is 19.4. The van der Waals surface area contributed by atoms with Crippen LogP contribution in [-0.4, -0.2) is 80.8 Å². The zero-order valence-electron chi connectivity index (χ0n) is 24.8. The Morgan fingerprint density at radius 2 is 1.88 bits per heavy atom. The van der Waals surface area contributed by atoms with Crippen molar-refractivity contribution in [2.24, 2.45) is 0 Å². The van der Waals surface area contributed by atoms with Gasteiger partial charge in [-0.25, -0.2) is 9.18 Å². The van der Waals surface area contributed by atoms with Crippen LogP contribution in [0.5, 0.6) is 17.2 Å². The zero-order valence-corrected chi connectivity index (χ0v) is 25.7. The lowest BCUT2D eigenvalue weighted by atomic mass is 9.84. The summed E-state index contributed by atoms with van der Waals surface area (Å²) in [5, 5.41) is 19.9. The van der Waals surface area contributed by atoms with Crippen LogP contribution in [0.1, 0.15) is 61.2 Å². The maximum atomic E-state index is 15.2. The SMILES string of the molecule is CCOC(=O)COC1CCN(c2cc(C(=O)CN3Cc4cc(OC)c(OC)c(F)c4C3=N)cc(C(C)(C)C)c2O)C1.Cl. The fourth-order valence-electron chi connectivity index (χ4n) is 5.29. The molecule has 4 rings (SSSR count). The van der Waals surface area contributed by atoms with Gasteiger partial charge in [-0.1, -0.05) is 20.8 Å². The van der Waals surface area contributed by atoms with Crippen molar-refractivity contribution in [2.45, 2.75) is 52.2 Å². The molecule has 2 N–H and O–H groups in total. The van der Waals surface area contributed by atoms with E-state index in [2.05, 4.69) is 0 Å². The van der Waals surface area contributed by atoms with Gasteiger partial charge in [0.1, 0.15) is 18.2 Å². The number of ether oxygens (including phenoxy) is 4. The van der Waals surface area contributed by atoms with Crippen LogP contribution in [0.3, 0.4) is 0 Å². The molecule has 2 aliphatic heterocycles. The molecule has 0 radical (unpaired) electrons. The Labute approximate surface area is 251 Å². The minimum atomic E-state index is -0.697. The van der Waals surface area contributed by atoms with Crippen molar-refractivity contribution in [3.63, 3.8) is 0 Å². The van der Waals surface area contributed by atoms with Gasteiger partial charge in [-0.05, 0) is 42.5 Å². The van der Waals surface area contributed by atoms with E-state index in [-0.39, 0.29) is 79.2 Å². The Bertz CT molecular complexity index is 1360. The van der Waals surface area contributed by atoms with Gasteiger partial charge in [0.15, 0.2) is 23.1 Å². The number of aromatic hydroxyl groups is 1. The molecular formula is C30H39ClFN3O7. The molecule has 1 fully saturated rings. The van der Waals surface area contributed by atoms with E-state index in [9.17, 15) is 14.7 Å². The van der Waals surface area contributed by atoms with Crippen molar-refractivity contribution in [1.82, 2.24) is 4.90 Å². The number of ketones is 1. The van der Waals surface area contributed by atoms with Crippen LogP contribution in [0.4, 0.5) is 10.1 Å². The van der Waals surface area contributed by atoms with Gasteiger partial charge in [-0.3, -0.25) is 10.2 Å². The highest BCUT2D eigenvalue weighted by molar-refractivity contribution is 6.06. The number of halogens is 2. The number of phenolic OH excluding ortho intramolecular Hbond substituents is 1. The number of methoxy groups -OCH3 is 2. The molecule has 230 valence electrons. The summed E-state index contributed by atoms with van der Waals surface area (Å²) in [6.45, 7) is 8.73. The van der Waals surface area contributed by atoms with E-state index in [1.165, 1.54) is 19.1 Å². The monoisotopic (exact) mass is 607 g/mol. The number of rotatable bonds is 10. The van der Waals surface area contributed by atoms with Crippen molar-refractivity contribution in [1.29, 1.82) is 5.41 Å². The number of benzene rings is 2. The smallest absolute Gasteiger partial charge is 0.332 e. The van der Waals surface area contributed by atoms with Crippen LogP contribution in [0.2, 0.25) is 0 Å². The van der Waals surface area contributed by atoms with Crippen molar-refractivity contribution in [2.75, 3.05) is 52.0 Å². The van der Waals surface area contributed by atoms with Crippen molar-refractivity contribution >= 4 is 35.7 Å². The first-order valence-corrected chi connectivity index (χ1v) is 13.6. The molecule has 10 nitrogen and oxygen atoms in total. The number of Topliss-reactive ketones (excluding diaryl/α,β-unsaturated/α-hetero) is 1. The van der Waals surface area contributed by atoms with Crippen LogP contribution in [0.25, 0.3) is 0 Å². The normalized spacial score (nSPS) is 16.3. The minimum absolute atomic E-state index is 0. The second-order valence-electron chi connectivity index (χ2n) is 11.2. The molecule has 1 unspecified atom stereocenters. The topological polar surface area (TPSA) is 122 Å². The predicted molar refractivity (Wildman–Crippen MR) is 158 cm³/mol. The molecule has 2 aromatic carbocycles. The molecule has 1 atom stereocenters. The molecule has 2 aromatic rings. The van der Waals surface area contributed by atoms with Crippen LogP contribution >= 0.6 is 12.4 Å². The number of phenols is 1. The highest BCUT2D eigenvalue weighted by atomic mass is 35.5.